The highest BCUT2D eigenvalue weighted by molar-refractivity contribution is 7.90. The van der Waals surface area contributed by atoms with Crippen molar-refractivity contribution >= 4 is 21.4 Å². The summed E-state index contributed by atoms with van der Waals surface area (Å²) in [5, 5.41) is 2.88. The van der Waals surface area contributed by atoms with Crippen LogP contribution in [0.1, 0.15) is 36.5 Å². The van der Waals surface area contributed by atoms with Gasteiger partial charge in [-0.1, -0.05) is 13.3 Å². The van der Waals surface area contributed by atoms with E-state index in [1.807, 2.05) is 0 Å². The molecule has 0 aliphatic heterocycles. The Hall–Kier alpha value is -1.56. The Labute approximate surface area is 125 Å². The molecule has 2 unspecified atom stereocenters. The van der Waals surface area contributed by atoms with Crippen LogP contribution in [-0.4, -0.2) is 27.1 Å². The molecule has 2 atom stereocenters. The number of carbonyl (C=O) groups excluding carboxylic acids is 1. The van der Waals surface area contributed by atoms with E-state index in [0.29, 0.717) is 18.0 Å². The van der Waals surface area contributed by atoms with Crippen LogP contribution >= 0.6 is 0 Å². The van der Waals surface area contributed by atoms with Crippen molar-refractivity contribution in [2.24, 2.45) is 11.8 Å². The highest BCUT2D eigenvalue weighted by Crippen LogP contribution is 2.29. The third-order valence-electron chi connectivity index (χ3n) is 3.97. The Kier molecular flexibility index (Phi) is 4.56. The number of amides is 1. The van der Waals surface area contributed by atoms with Gasteiger partial charge in [-0.05, 0) is 42.9 Å². The van der Waals surface area contributed by atoms with Crippen LogP contribution in [0, 0.1) is 11.8 Å². The van der Waals surface area contributed by atoms with E-state index in [-0.39, 0.29) is 16.5 Å². The van der Waals surface area contributed by atoms with Gasteiger partial charge in [-0.15, -0.1) is 0 Å². The first-order valence-electron chi connectivity index (χ1n) is 7.14. The second-order valence-electron chi connectivity index (χ2n) is 6.06. The van der Waals surface area contributed by atoms with E-state index in [9.17, 15) is 13.2 Å². The molecule has 0 bridgehead atoms. The number of rotatable bonds is 4. The summed E-state index contributed by atoms with van der Waals surface area (Å²) in [6.07, 6.45) is 4.57. The standard InChI is InChI=1S/C15H22N2O3S/c1-10-3-4-11(5-10)9-17-15(18)12-6-13(16)8-14(7-12)21(2,19)20/h6-8,10-11H,3-5,9,16H2,1-2H3,(H,17,18). The van der Waals surface area contributed by atoms with Gasteiger partial charge in [0.2, 0.25) is 0 Å². The largest absolute Gasteiger partial charge is 0.399 e. The summed E-state index contributed by atoms with van der Waals surface area (Å²) in [5.41, 5.74) is 6.25. The maximum absolute atomic E-state index is 12.2. The lowest BCUT2D eigenvalue weighted by atomic mass is 10.1. The lowest BCUT2D eigenvalue weighted by Crippen LogP contribution is -2.28. The van der Waals surface area contributed by atoms with Crippen molar-refractivity contribution in [1.29, 1.82) is 0 Å². The van der Waals surface area contributed by atoms with Gasteiger partial charge < -0.3 is 11.1 Å². The number of hydrogen-bond acceptors (Lipinski definition) is 4. The summed E-state index contributed by atoms with van der Waals surface area (Å²) < 4.78 is 23.2. The van der Waals surface area contributed by atoms with Gasteiger partial charge in [-0.2, -0.15) is 0 Å². The van der Waals surface area contributed by atoms with Crippen molar-refractivity contribution < 1.29 is 13.2 Å². The zero-order chi connectivity index (χ0) is 15.6. The van der Waals surface area contributed by atoms with Gasteiger partial charge in [-0.3, -0.25) is 4.79 Å². The molecule has 21 heavy (non-hydrogen) atoms. The predicted octanol–water partition coefficient (Wildman–Crippen LogP) is 1.84. The quantitative estimate of drug-likeness (QED) is 0.830. The minimum absolute atomic E-state index is 0.0714. The molecule has 1 aliphatic carbocycles. The minimum atomic E-state index is -3.38. The summed E-state index contributed by atoms with van der Waals surface area (Å²) in [6.45, 7) is 2.85. The summed E-state index contributed by atoms with van der Waals surface area (Å²) >= 11 is 0. The predicted molar refractivity (Wildman–Crippen MR) is 82.8 cm³/mol. The smallest absolute Gasteiger partial charge is 0.251 e. The van der Waals surface area contributed by atoms with Crippen LogP contribution in [-0.2, 0) is 9.84 Å². The normalized spacial score (nSPS) is 22.2. The third kappa shape index (κ3) is 4.20. The maximum atomic E-state index is 12.2. The molecule has 1 amide bonds. The monoisotopic (exact) mass is 310 g/mol. The van der Waals surface area contributed by atoms with Crippen LogP contribution in [0.3, 0.4) is 0 Å². The second kappa shape index (κ2) is 6.05. The van der Waals surface area contributed by atoms with E-state index in [1.165, 1.54) is 24.6 Å². The lowest BCUT2D eigenvalue weighted by Gasteiger charge is -2.12. The summed E-state index contributed by atoms with van der Waals surface area (Å²) in [5.74, 6) is 0.960. The minimum Gasteiger partial charge on any atom is -0.399 e. The van der Waals surface area contributed by atoms with Gasteiger partial charge in [0.25, 0.3) is 5.91 Å². The third-order valence-corrected chi connectivity index (χ3v) is 5.07. The van der Waals surface area contributed by atoms with Crippen molar-refractivity contribution in [2.75, 3.05) is 18.5 Å². The molecule has 0 saturated heterocycles. The zero-order valence-corrected chi connectivity index (χ0v) is 13.2. The SMILES string of the molecule is CC1CCC(CNC(=O)c2cc(N)cc(S(C)(=O)=O)c2)C1. The average Bonchev–Trinajstić information content (AvgIpc) is 2.80. The molecular weight excluding hydrogens is 288 g/mol. The number of nitrogens with one attached hydrogen (secondary N) is 1. The van der Waals surface area contributed by atoms with Crippen molar-refractivity contribution in [2.45, 2.75) is 31.1 Å². The molecule has 5 nitrogen and oxygen atoms in total. The highest BCUT2D eigenvalue weighted by atomic mass is 32.2. The van der Waals surface area contributed by atoms with Crippen LogP contribution in [0.15, 0.2) is 23.1 Å². The molecule has 1 aliphatic rings. The molecule has 1 saturated carbocycles. The number of carbonyl (C=O) groups is 1. The zero-order valence-electron chi connectivity index (χ0n) is 12.4. The van der Waals surface area contributed by atoms with Crippen molar-refractivity contribution in [1.82, 2.24) is 5.32 Å². The van der Waals surface area contributed by atoms with Crippen LogP contribution in [0.2, 0.25) is 0 Å². The Morgan fingerprint density at radius 3 is 2.62 bits per heavy atom. The van der Waals surface area contributed by atoms with Crippen molar-refractivity contribution in [3.05, 3.63) is 23.8 Å². The van der Waals surface area contributed by atoms with Crippen molar-refractivity contribution in [3.8, 4) is 0 Å². The second-order valence-corrected chi connectivity index (χ2v) is 8.07. The average molecular weight is 310 g/mol. The molecule has 1 fully saturated rings. The molecular formula is C15H22N2O3S. The Bertz CT molecular complexity index is 640. The number of benzene rings is 1. The van der Waals surface area contributed by atoms with Gasteiger partial charge in [0, 0.05) is 24.1 Å². The number of sulfone groups is 1. The summed E-state index contributed by atoms with van der Waals surface area (Å²) in [6, 6.07) is 4.24. The molecule has 3 N–H and O–H groups in total. The van der Waals surface area contributed by atoms with E-state index >= 15 is 0 Å². The van der Waals surface area contributed by atoms with Crippen LogP contribution in [0.25, 0.3) is 0 Å². The Morgan fingerprint density at radius 1 is 1.33 bits per heavy atom. The molecule has 2 rings (SSSR count). The van der Waals surface area contributed by atoms with E-state index < -0.39 is 9.84 Å². The number of nitrogen functional groups attached to an aromatic ring is 1. The first-order valence-corrected chi connectivity index (χ1v) is 9.03. The molecule has 0 heterocycles. The number of hydrogen-bond donors (Lipinski definition) is 2. The molecule has 0 aromatic heterocycles. The van der Waals surface area contributed by atoms with Gasteiger partial charge in [0.15, 0.2) is 9.84 Å². The molecule has 0 spiro atoms. The summed E-state index contributed by atoms with van der Waals surface area (Å²) in [7, 11) is -3.38. The highest BCUT2D eigenvalue weighted by Gasteiger charge is 2.22. The van der Waals surface area contributed by atoms with Crippen LogP contribution in [0.4, 0.5) is 5.69 Å². The molecule has 0 radical (unpaired) electrons. The van der Waals surface area contributed by atoms with Gasteiger partial charge in [-0.25, -0.2) is 8.42 Å². The van der Waals surface area contributed by atoms with Crippen LogP contribution in [0.5, 0.6) is 0 Å². The fourth-order valence-corrected chi connectivity index (χ4v) is 3.51. The Balaban J connectivity index is 2.07. The number of anilines is 1. The van der Waals surface area contributed by atoms with E-state index in [1.54, 1.807) is 0 Å². The summed E-state index contributed by atoms with van der Waals surface area (Å²) in [4.78, 5) is 12.2. The van der Waals surface area contributed by atoms with E-state index in [2.05, 4.69) is 12.2 Å². The topological polar surface area (TPSA) is 89.3 Å². The lowest BCUT2D eigenvalue weighted by molar-refractivity contribution is 0.0947. The first-order chi connectivity index (χ1) is 9.75. The fourth-order valence-electron chi connectivity index (χ4n) is 2.82. The van der Waals surface area contributed by atoms with Gasteiger partial charge >= 0.3 is 0 Å². The number of nitrogens with two attached hydrogens (primary N) is 1. The molecule has 1 aromatic carbocycles. The van der Waals surface area contributed by atoms with E-state index in [0.717, 1.165) is 25.0 Å². The van der Waals surface area contributed by atoms with E-state index in [4.69, 9.17) is 5.73 Å². The maximum Gasteiger partial charge on any atom is 0.251 e. The van der Waals surface area contributed by atoms with Gasteiger partial charge in [0.1, 0.15) is 0 Å². The molecule has 1 aromatic rings. The fraction of sp³-hybridized carbons (Fsp3) is 0.533. The van der Waals surface area contributed by atoms with Crippen LogP contribution < -0.4 is 11.1 Å². The first kappa shape index (κ1) is 15.8. The van der Waals surface area contributed by atoms with Crippen molar-refractivity contribution in [3.63, 3.8) is 0 Å². The van der Waals surface area contributed by atoms with Gasteiger partial charge in [0.05, 0.1) is 4.90 Å². The Morgan fingerprint density at radius 2 is 2.05 bits per heavy atom. The molecule has 116 valence electrons. The molecule has 6 heteroatoms.